The van der Waals surface area contributed by atoms with Crippen molar-refractivity contribution in [3.05, 3.63) is 36.2 Å². The highest BCUT2D eigenvalue weighted by Crippen LogP contribution is 2.37. The van der Waals surface area contributed by atoms with Crippen molar-refractivity contribution >= 4 is 28.2 Å². The molecule has 0 unspecified atom stereocenters. The Kier molecular flexibility index (Phi) is 5.70. The average Bonchev–Trinajstić information content (AvgIpc) is 3.53. The molecule has 37 heavy (non-hydrogen) atoms. The largest absolute Gasteiger partial charge is 0.494 e. The van der Waals surface area contributed by atoms with E-state index in [1.54, 1.807) is 0 Å². The van der Waals surface area contributed by atoms with Gasteiger partial charge in [-0.05, 0) is 58.4 Å². The van der Waals surface area contributed by atoms with E-state index in [9.17, 15) is 9.50 Å². The highest BCUT2D eigenvalue weighted by Gasteiger charge is 2.33. The molecule has 10 nitrogen and oxygen atoms in total. The van der Waals surface area contributed by atoms with Gasteiger partial charge in [-0.1, -0.05) is 0 Å². The lowest BCUT2D eigenvalue weighted by Crippen LogP contribution is -2.41. The number of hydrogen-bond acceptors (Lipinski definition) is 8. The summed E-state index contributed by atoms with van der Waals surface area (Å²) in [5.41, 5.74) is 7.72. The van der Waals surface area contributed by atoms with Gasteiger partial charge in [0.05, 0.1) is 36.2 Å². The highest BCUT2D eigenvalue weighted by atomic mass is 19.1. The van der Waals surface area contributed by atoms with E-state index in [1.165, 1.54) is 23.8 Å². The van der Waals surface area contributed by atoms with Crippen LogP contribution >= 0.6 is 0 Å². The van der Waals surface area contributed by atoms with Gasteiger partial charge in [0.2, 0.25) is 5.95 Å². The van der Waals surface area contributed by atoms with Crippen molar-refractivity contribution in [2.24, 2.45) is 0 Å². The van der Waals surface area contributed by atoms with Crippen LogP contribution in [0.2, 0.25) is 0 Å². The average molecular weight is 509 g/mol. The minimum absolute atomic E-state index is 0.0850. The van der Waals surface area contributed by atoms with Gasteiger partial charge in [-0.15, -0.1) is 5.10 Å². The second-order valence-corrected chi connectivity index (χ2v) is 10.9. The van der Waals surface area contributed by atoms with Crippen molar-refractivity contribution in [3.8, 4) is 5.75 Å². The molecule has 0 radical (unpaired) electrons. The van der Waals surface area contributed by atoms with Crippen LogP contribution in [0, 0.1) is 5.82 Å². The number of aliphatic hydroxyl groups is 1. The third-order valence-electron chi connectivity index (χ3n) is 8.16. The summed E-state index contributed by atoms with van der Waals surface area (Å²) in [6.45, 7) is 4.89. The number of hydrogen-bond donors (Lipinski definition) is 2. The number of anilines is 2. The summed E-state index contributed by atoms with van der Waals surface area (Å²) in [6.07, 6.45) is 9.42. The van der Waals surface area contributed by atoms with Crippen molar-refractivity contribution in [2.75, 3.05) is 24.3 Å². The van der Waals surface area contributed by atoms with Crippen molar-refractivity contribution in [2.45, 2.75) is 76.0 Å². The number of benzene rings is 1. The number of methoxy groups -OCH3 is 1. The van der Waals surface area contributed by atoms with Crippen molar-refractivity contribution in [1.29, 1.82) is 0 Å². The van der Waals surface area contributed by atoms with E-state index in [1.807, 2.05) is 13.1 Å². The molecule has 3 aromatic heterocycles. The molecule has 0 bridgehead atoms. The molecular weight excluding hydrogens is 475 g/mol. The van der Waals surface area contributed by atoms with Crippen molar-refractivity contribution in [1.82, 2.24) is 29.4 Å². The molecule has 2 aliphatic rings. The number of piperidine rings is 1. The first kappa shape index (κ1) is 23.9. The predicted octanol–water partition coefficient (Wildman–Crippen LogP) is 3.84. The van der Waals surface area contributed by atoms with Gasteiger partial charge in [0, 0.05) is 36.2 Å². The Hall–Kier alpha value is -3.47. The van der Waals surface area contributed by atoms with E-state index in [-0.39, 0.29) is 17.6 Å². The van der Waals surface area contributed by atoms with E-state index < -0.39 is 11.4 Å². The third-order valence-corrected chi connectivity index (χ3v) is 8.16. The minimum atomic E-state index is -0.565. The normalized spacial score (nSPS) is 26.7. The second kappa shape index (κ2) is 8.83. The summed E-state index contributed by atoms with van der Waals surface area (Å²) in [5, 5.41) is 20.2. The lowest BCUT2D eigenvalue weighted by molar-refractivity contribution is 0.00851. The first-order chi connectivity index (χ1) is 17.7. The quantitative estimate of drug-likeness (QED) is 0.427. The van der Waals surface area contributed by atoms with Crippen LogP contribution in [0.15, 0.2) is 24.5 Å². The summed E-state index contributed by atoms with van der Waals surface area (Å²) < 4.78 is 23.2. The Labute approximate surface area is 214 Å². The monoisotopic (exact) mass is 508 g/mol. The maximum Gasteiger partial charge on any atom is 0.223 e. The predicted molar refractivity (Wildman–Crippen MR) is 138 cm³/mol. The molecule has 1 aliphatic heterocycles. The summed E-state index contributed by atoms with van der Waals surface area (Å²) in [4.78, 5) is 11.6. The number of nitrogens with zero attached hydrogens (tertiary/aromatic N) is 7. The Bertz CT molecular complexity index is 1450. The fourth-order valence-electron chi connectivity index (χ4n) is 5.82. The van der Waals surface area contributed by atoms with Gasteiger partial charge in [0.25, 0.3) is 0 Å². The Morgan fingerprint density at radius 3 is 2.70 bits per heavy atom. The van der Waals surface area contributed by atoms with Crippen LogP contribution in [0.3, 0.4) is 0 Å². The van der Waals surface area contributed by atoms with E-state index in [4.69, 9.17) is 20.6 Å². The van der Waals surface area contributed by atoms with Gasteiger partial charge in [0.15, 0.2) is 23.0 Å². The van der Waals surface area contributed by atoms with E-state index in [0.29, 0.717) is 34.5 Å². The zero-order chi connectivity index (χ0) is 25.9. The molecule has 2 atom stereocenters. The molecule has 4 aromatic rings. The SMILES string of the molecule is COc1cc2nc(N)n3nc([C@@H]4CC[C@H](C)N(c5cnn([C@H]6CC[C@@](C)(O)CC6)c5)C4)nc3c2cc1F. The summed E-state index contributed by atoms with van der Waals surface area (Å²) in [7, 11) is 1.42. The van der Waals surface area contributed by atoms with Crippen LogP contribution in [-0.2, 0) is 0 Å². The molecular formula is C26H33FN8O2. The first-order valence-corrected chi connectivity index (χ1v) is 12.9. The maximum atomic E-state index is 14.5. The van der Waals surface area contributed by atoms with Crippen LogP contribution in [0.5, 0.6) is 5.75 Å². The molecule has 1 aromatic carbocycles. The Morgan fingerprint density at radius 2 is 1.95 bits per heavy atom. The smallest absolute Gasteiger partial charge is 0.223 e. The first-order valence-electron chi connectivity index (χ1n) is 12.9. The number of ether oxygens (including phenoxy) is 1. The Balaban J connectivity index is 1.28. The fraction of sp³-hybridized carbons (Fsp3) is 0.538. The highest BCUT2D eigenvalue weighted by molar-refractivity contribution is 5.93. The van der Waals surface area contributed by atoms with Crippen LogP contribution < -0.4 is 15.4 Å². The molecule has 3 N–H and O–H groups in total. The summed E-state index contributed by atoms with van der Waals surface area (Å²) in [6, 6.07) is 3.58. The van der Waals surface area contributed by atoms with Gasteiger partial charge >= 0.3 is 0 Å². The topological polar surface area (TPSA) is 120 Å². The van der Waals surface area contributed by atoms with Crippen LogP contribution in [0.1, 0.15) is 70.2 Å². The summed E-state index contributed by atoms with van der Waals surface area (Å²) in [5.74, 6) is 0.588. The number of fused-ring (bicyclic) bond motifs is 3. The van der Waals surface area contributed by atoms with Crippen LogP contribution in [-0.4, -0.2) is 59.8 Å². The maximum absolute atomic E-state index is 14.5. The second-order valence-electron chi connectivity index (χ2n) is 10.9. The molecule has 6 rings (SSSR count). The standard InChI is InChI=1S/C26H33FN8O2/c1-15-4-5-16(13-33(15)18-12-29-34(14-18)17-6-8-26(2,36)9-7-17)23-31-24-19-10-20(27)22(37-3)11-21(19)30-25(28)35(24)32-23/h10-12,14-17,36H,4-9,13H2,1-3H3,(H2,28,30)/t15-,16+,17-,26+/m0/s1. The Morgan fingerprint density at radius 1 is 1.16 bits per heavy atom. The zero-order valence-corrected chi connectivity index (χ0v) is 21.4. The molecule has 0 amide bonds. The zero-order valence-electron chi connectivity index (χ0n) is 21.4. The van der Waals surface area contributed by atoms with Crippen molar-refractivity contribution in [3.63, 3.8) is 0 Å². The number of halogens is 1. The van der Waals surface area contributed by atoms with E-state index in [2.05, 4.69) is 32.8 Å². The van der Waals surface area contributed by atoms with Gasteiger partial charge in [0.1, 0.15) is 0 Å². The molecule has 0 spiro atoms. The van der Waals surface area contributed by atoms with Gasteiger partial charge in [-0.2, -0.15) is 9.61 Å². The van der Waals surface area contributed by atoms with Gasteiger partial charge in [-0.25, -0.2) is 14.4 Å². The molecule has 1 aliphatic carbocycles. The molecule has 196 valence electrons. The molecule has 2 fully saturated rings. The van der Waals surface area contributed by atoms with Crippen LogP contribution in [0.4, 0.5) is 16.0 Å². The van der Waals surface area contributed by atoms with Gasteiger partial charge in [-0.3, -0.25) is 4.68 Å². The molecule has 1 saturated heterocycles. The summed E-state index contributed by atoms with van der Waals surface area (Å²) >= 11 is 0. The van der Waals surface area contributed by atoms with E-state index in [0.717, 1.165) is 50.8 Å². The third kappa shape index (κ3) is 4.24. The molecule has 1 saturated carbocycles. The number of aromatic nitrogens is 6. The molecule has 11 heteroatoms. The minimum Gasteiger partial charge on any atom is -0.494 e. The van der Waals surface area contributed by atoms with E-state index >= 15 is 0 Å². The number of nitrogens with two attached hydrogens (primary N) is 1. The van der Waals surface area contributed by atoms with Gasteiger partial charge < -0.3 is 20.5 Å². The lowest BCUT2D eigenvalue weighted by Gasteiger charge is -2.38. The van der Waals surface area contributed by atoms with Crippen LogP contribution in [0.25, 0.3) is 16.6 Å². The number of rotatable bonds is 4. The lowest BCUT2D eigenvalue weighted by atomic mass is 9.84. The fourth-order valence-corrected chi connectivity index (χ4v) is 5.82. The molecule has 4 heterocycles. The number of nitrogen functional groups attached to an aromatic ring is 1. The van der Waals surface area contributed by atoms with Crippen molar-refractivity contribution < 1.29 is 14.2 Å².